The predicted molar refractivity (Wildman–Crippen MR) is 118 cm³/mol. The van der Waals surface area contributed by atoms with E-state index in [1.165, 1.54) is 12.1 Å². The molecule has 10 nitrogen and oxygen atoms in total. The Morgan fingerprint density at radius 1 is 1.12 bits per heavy atom. The van der Waals surface area contributed by atoms with E-state index in [4.69, 9.17) is 14.7 Å². The minimum atomic E-state index is -0.487. The molecule has 2 aromatic rings. The molecule has 2 aromatic carbocycles. The number of hydrogen-bond donors (Lipinski definition) is 2. The molecule has 1 aliphatic heterocycles. The molecule has 0 radical (unpaired) electrons. The monoisotopic (exact) mass is 457 g/mol. The summed E-state index contributed by atoms with van der Waals surface area (Å²) >= 11 is 0. The van der Waals surface area contributed by atoms with E-state index in [0.717, 1.165) is 16.7 Å². The van der Waals surface area contributed by atoms with Gasteiger partial charge in [-0.25, -0.2) is 5.48 Å². The van der Waals surface area contributed by atoms with Crippen LogP contribution in [0.4, 0.5) is 5.69 Å². The van der Waals surface area contributed by atoms with Crippen LogP contribution in [0.15, 0.2) is 36.4 Å². The summed E-state index contributed by atoms with van der Waals surface area (Å²) in [6.07, 6.45) is 1.96. The molecule has 0 aliphatic carbocycles. The molecule has 0 saturated heterocycles. The second-order valence-corrected chi connectivity index (χ2v) is 7.74. The molecule has 33 heavy (non-hydrogen) atoms. The number of methoxy groups -OCH3 is 2. The topological polar surface area (TPSA) is 131 Å². The first-order chi connectivity index (χ1) is 15.9. The summed E-state index contributed by atoms with van der Waals surface area (Å²) in [5.41, 5.74) is 4.20. The molecular formula is C23H27N3O7. The quantitative estimate of drug-likeness (QED) is 0.256. The third-order valence-corrected chi connectivity index (χ3v) is 5.78. The minimum Gasteiger partial charge on any atom is -0.493 e. The van der Waals surface area contributed by atoms with Gasteiger partial charge in [0.05, 0.1) is 25.2 Å². The largest absolute Gasteiger partial charge is 0.493 e. The van der Waals surface area contributed by atoms with Crippen molar-refractivity contribution in [3.05, 3.63) is 63.2 Å². The maximum absolute atomic E-state index is 13.2. The second-order valence-electron chi connectivity index (χ2n) is 7.74. The van der Waals surface area contributed by atoms with Crippen molar-refractivity contribution >= 4 is 17.5 Å². The minimum absolute atomic E-state index is 0.0258. The van der Waals surface area contributed by atoms with Gasteiger partial charge in [0.25, 0.3) is 5.69 Å². The zero-order valence-electron chi connectivity index (χ0n) is 18.6. The number of fused-ring (bicyclic) bond motifs is 1. The zero-order valence-corrected chi connectivity index (χ0v) is 18.6. The smallest absolute Gasteiger partial charge is 0.269 e. The molecule has 3 rings (SSSR count). The SMILES string of the molecule is COc1cc2c(cc1OC)C(c1ccc([N+](=O)[O-])cc1)N(C(=O)CCCCC(=O)NO)CC2. The number of nitro benzene ring substituents is 1. The molecule has 2 N–H and O–H groups in total. The van der Waals surface area contributed by atoms with Gasteiger partial charge in [0, 0.05) is 31.5 Å². The van der Waals surface area contributed by atoms with E-state index in [9.17, 15) is 19.7 Å². The molecule has 1 unspecified atom stereocenters. The summed E-state index contributed by atoms with van der Waals surface area (Å²) in [6.45, 7) is 0.472. The van der Waals surface area contributed by atoms with Crippen molar-refractivity contribution in [1.29, 1.82) is 0 Å². The van der Waals surface area contributed by atoms with E-state index in [1.807, 2.05) is 12.1 Å². The molecule has 176 valence electrons. The number of hydroxylamine groups is 1. The molecule has 0 bridgehead atoms. The van der Waals surface area contributed by atoms with Crippen LogP contribution >= 0.6 is 0 Å². The van der Waals surface area contributed by atoms with Gasteiger partial charge in [-0.3, -0.25) is 24.9 Å². The Kier molecular flexibility index (Phi) is 7.83. The average molecular weight is 457 g/mol. The first kappa shape index (κ1) is 24.0. The van der Waals surface area contributed by atoms with Crippen LogP contribution in [-0.2, 0) is 16.0 Å². The van der Waals surface area contributed by atoms with Gasteiger partial charge in [0.2, 0.25) is 11.8 Å². The van der Waals surface area contributed by atoms with E-state index in [-0.39, 0.29) is 24.4 Å². The number of unbranched alkanes of at least 4 members (excludes halogenated alkanes) is 1. The van der Waals surface area contributed by atoms with E-state index in [2.05, 4.69) is 0 Å². The summed E-state index contributed by atoms with van der Waals surface area (Å²) < 4.78 is 10.9. The Labute approximate surface area is 191 Å². The lowest BCUT2D eigenvalue weighted by Crippen LogP contribution is -2.40. The lowest BCUT2D eigenvalue weighted by atomic mass is 9.87. The van der Waals surface area contributed by atoms with Gasteiger partial charge in [-0.15, -0.1) is 0 Å². The summed E-state index contributed by atoms with van der Waals surface area (Å²) in [5.74, 6) is 0.565. The van der Waals surface area contributed by atoms with Crippen LogP contribution in [0.25, 0.3) is 0 Å². The zero-order chi connectivity index (χ0) is 24.0. The summed E-state index contributed by atoms with van der Waals surface area (Å²) in [6, 6.07) is 9.51. The summed E-state index contributed by atoms with van der Waals surface area (Å²) in [4.78, 5) is 36.8. The fourth-order valence-corrected chi connectivity index (χ4v) is 4.11. The van der Waals surface area contributed by atoms with Gasteiger partial charge in [-0.05, 0) is 60.2 Å². The van der Waals surface area contributed by atoms with Crippen molar-refractivity contribution in [1.82, 2.24) is 10.4 Å². The van der Waals surface area contributed by atoms with Crippen LogP contribution < -0.4 is 15.0 Å². The van der Waals surface area contributed by atoms with E-state index >= 15 is 0 Å². The van der Waals surface area contributed by atoms with Gasteiger partial charge < -0.3 is 14.4 Å². The molecule has 1 atom stereocenters. The lowest BCUT2D eigenvalue weighted by Gasteiger charge is -2.38. The number of non-ortho nitro benzene ring substituents is 1. The molecule has 0 saturated carbocycles. The van der Waals surface area contributed by atoms with E-state index in [1.54, 1.807) is 36.7 Å². The lowest BCUT2D eigenvalue weighted by molar-refractivity contribution is -0.384. The normalized spacial score (nSPS) is 14.9. The first-order valence-electron chi connectivity index (χ1n) is 10.6. The van der Waals surface area contributed by atoms with Crippen LogP contribution in [0.2, 0.25) is 0 Å². The van der Waals surface area contributed by atoms with Crippen molar-refractivity contribution in [2.75, 3.05) is 20.8 Å². The highest BCUT2D eigenvalue weighted by Crippen LogP contribution is 2.41. The van der Waals surface area contributed by atoms with Gasteiger partial charge in [0.15, 0.2) is 11.5 Å². The van der Waals surface area contributed by atoms with Crippen LogP contribution in [0.5, 0.6) is 11.5 Å². The number of hydrogen-bond acceptors (Lipinski definition) is 7. The maximum Gasteiger partial charge on any atom is 0.269 e. The van der Waals surface area contributed by atoms with E-state index in [0.29, 0.717) is 37.3 Å². The molecule has 10 heteroatoms. The van der Waals surface area contributed by atoms with Crippen LogP contribution in [0.1, 0.15) is 48.4 Å². The maximum atomic E-state index is 13.2. The molecule has 0 spiro atoms. The average Bonchev–Trinajstić information content (AvgIpc) is 2.84. The Hall–Kier alpha value is -3.66. The molecular weight excluding hydrogens is 430 g/mol. The van der Waals surface area contributed by atoms with Crippen molar-refractivity contribution < 1.29 is 29.2 Å². The number of nitrogens with zero attached hydrogens (tertiary/aromatic N) is 2. The highest BCUT2D eigenvalue weighted by molar-refractivity contribution is 5.78. The van der Waals surface area contributed by atoms with Crippen LogP contribution in [0.3, 0.4) is 0 Å². The molecule has 0 aromatic heterocycles. The molecule has 1 heterocycles. The highest BCUT2D eigenvalue weighted by atomic mass is 16.6. The second kappa shape index (κ2) is 10.8. The number of amides is 2. The van der Waals surface area contributed by atoms with Gasteiger partial charge in [-0.2, -0.15) is 0 Å². The Balaban J connectivity index is 1.93. The third kappa shape index (κ3) is 5.40. The number of nitrogens with one attached hydrogen (secondary N) is 1. The van der Waals surface area contributed by atoms with Crippen LogP contribution in [0, 0.1) is 10.1 Å². The number of rotatable bonds is 9. The van der Waals surface area contributed by atoms with Crippen molar-refractivity contribution in [3.8, 4) is 11.5 Å². The Bertz CT molecular complexity index is 1020. The predicted octanol–water partition coefficient (Wildman–Crippen LogP) is 3.15. The van der Waals surface area contributed by atoms with Crippen molar-refractivity contribution in [3.63, 3.8) is 0 Å². The van der Waals surface area contributed by atoms with Crippen molar-refractivity contribution in [2.24, 2.45) is 0 Å². The van der Waals surface area contributed by atoms with E-state index < -0.39 is 16.9 Å². The summed E-state index contributed by atoms with van der Waals surface area (Å²) in [7, 11) is 3.10. The number of ether oxygens (including phenoxy) is 2. The Morgan fingerprint density at radius 3 is 2.36 bits per heavy atom. The fraction of sp³-hybridized carbons (Fsp3) is 0.391. The van der Waals surface area contributed by atoms with Gasteiger partial charge in [0.1, 0.15) is 0 Å². The molecule has 1 aliphatic rings. The van der Waals surface area contributed by atoms with Crippen LogP contribution in [-0.4, -0.2) is 47.6 Å². The first-order valence-corrected chi connectivity index (χ1v) is 10.6. The molecule has 2 amide bonds. The fourth-order valence-electron chi connectivity index (χ4n) is 4.11. The van der Waals surface area contributed by atoms with Gasteiger partial charge in [-0.1, -0.05) is 0 Å². The third-order valence-electron chi connectivity index (χ3n) is 5.78. The number of benzene rings is 2. The number of carbonyl (C=O) groups is 2. The summed E-state index contributed by atoms with van der Waals surface area (Å²) in [5, 5.41) is 19.7. The van der Waals surface area contributed by atoms with Crippen molar-refractivity contribution in [2.45, 2.75) is 38.1 Å². The Morgan fingerprint density at radius 2 is 1.76 bits per heavy atom. The number of nitro groups is 1. The standard InChI is InChI=1S/C23H27N3O7/c1-32-19-13-16-11-12-25(22(28)6-4-3-5-21(27)24-29)23(18(16)14-20(19)33-2)15-7-9-17(10-8-15)26(30)31/h7-10,13-14,23,29H,3-6,11-12H2,1-2H3,(H,24,27). The van der Waals surface area contributed by atoms with Gasteiger partial charge >= 0.3 is 0 Å². The molecule has 0 fully saturated rings. The number of carbonyl (C=O) groups excluding carboxylic acids is 2. The highest BCUT2D eigenvalue weighted by Gasteiger charge is 2.33.